The summed E-state index contributed by atoms with van der Waals surface area (Å²) in [7, 11) is 2.47. The second kappa shape index (κ2) is 2.46. The van der Waals surface area contributed by atoms with Crippen molar-refractivity contribution in [3.8, 4) is 0 Å². The maximum Gasteiger partial charge on any atom is 0.175 e. The predicted molar refractivity (Wildman–Crippen MR) is 38.6 cm³/mol. The lowest BCUT2D eigenvalue weighted by Gasteiger charge is -1.99. The molecule has 1 fully saturated rings. The molecule has 1 aliphatic rings. The SMILES string of the molecule is N/C=C1\CN(P)CC1=O. The van der Waals surface area contributed by atoms with E-state index in [-0.39, 0.29) is 5.78 Å². The summed E-state index contributed by atoms with van der Waals surface area (Å²) in [4.78, 5) is 10.8. The van der Waals surface area contributed by atoms with Crippen molar-refractivity contribution in [1.29, 1.82) is 0 Å². The second-order valence-electron chi connectivity index (χ2n) is 2.02. The van der Waals surface area contributed by atoms with Crippen molar-refractivity contribution in [2.24, 2.45) is 5.73 Å². The third kappa shape index (κ3) is 1.29. The first kappa shape index (κ1) is 6.72. The molecule has 1 aliphatic heterocycles. The molecular weight excluding hydrogens is 135 g/mol. The molecule has 1 heterocycles. The molecule has 0 spiro atoms. The third-order valence-electron chi connectivity index (χ3n) is 1.28. The van der Waals surface area contributed by atoms with E-state index in [1.807, 2.05) is 4.67 Å². The first-order valence-electron chi connectivity index (χ1n) is 2.67. The molecule has 0 bridgehead atoms. The average Bonchev–Trinajstić information content (AvgIpc) is 2.10. The molecule has 0 aliphatic carbocycles. The van der Waals surface area contributed by atoms with Crippen LogP contribution in [-0.2, 0) is 4.79 Å². The fourth-order valence-electron chi connectivity index (χ4n) is 0.795. The van der Waals surface area contributed by atoms with E-state index in [9.17, 15) is 4.79 Å². The molecule has 1 saturated heterocycles. The summed E-state index contributed by atoms with van der Waals surface area (Å²) in [6, 6.07) is 0. The first-order valence-corrected chi connectivity index (χ1v) is 3.19. The molecule has 1 atom stereocenters. The first-order chi connectivity index (χ1) is 4.24. The number of carbonyl (C=O) groups excluding carboxylic acids is 1. The van der Waals surface area contributed by atoms with E-state index in [2.05, 4.69) is 9.39 Å². The Labute approximate surface area is 56.2 Å². The molecule has 1 rings (SSSR count). The van der Waals surface area contributed by atoms with Gasteiger partial charge in [-0.05, 0) is 0 Å². The molecule has 50 valence electrons. The molecule has 0 radical (unpaired) electrons. The monoisotopic (exact) mass is 144 g/mol. The summed E-state index contributed by atoms with van der Waals surface area (Å²) >= 11 is 0. The number of hydrogen-bond acceptors (Lipinski definition) is 3. The molecule has 1 unspecified atom stereocenters. The largest absolute Gasteiger partial charge is 0.404 e. The maximum absolute atomic E-state index is 10.8. The highest BCUT2D eigenvalue weighted by Crippen LogP contribution is 2.13. The van der Waals surface area contributed by atoms with E-state index in [1.165, 1.54) is 6.20 Å². The minimum absolute atomic E-state index is 0.132. The van der Waals surface area contributed by atoms with E-state index >= 15 is 0 Å². The van der Waals surface area contributed by atoms with Crippen LogP contribution in [0.1, 0.15) is 0 Å². The summed E-state index contributed by atoms with van der Waals surface area (Å²) < 4.78 is 1.85. The van der Waals surface area contributed by atoms with Gasteiger partial charge in [0.05, 0.1) is 6.54 Å². The van der Waals surface area contributed by atoms with Gasteiger partial charge in [0.25, 0.3) is 0 Å². The highest BCUT2D eigenvalue weighted by Gasteiger charge is 2.20. The van der Waals surface area contributed by atoms with E-state index < -0.39 is 0 Å². The number of nitrogens with two attached hydrogens (primary N) is 1. The molecule has 0 amide bonds. The van der Waals surface area contributed by atoms with Crippen molar-refractivity contribution >= 4 is 15.2 Å². The normalized spacial score (nSPS) is 25.9. The number of Topliss-reactive ketones (excluding diaryl/α,β-unsaturated/α-hetero) is 1. The molecule has 2 N–H and O–H groups in total. The van der Waals surface area contributed by atoms with Crippen LogP contribution in [0.15, 0.2) is 11.8 Å². The van der Waals surface area contributed by atoms with Crippen molar-refractivity contribution < 1.29 is 4.79 Å². The van der Waals surface area contributed by atoms with Crippen LogP contribution in [0.5, 0.6) is 0 Å². The highest BCUT2D eigenvalue weighted by atomic mass is 31.0. The van der Waals surface area contributed by atoms with Crippen molar-refractivity contribution in [2.75, 3.05) is 13.1 Å². The van der Waals surface area contributed by atoms with Gasteiger partial charge in [-0.1, -0.05) is 9.39 Å². The van der Waals surface area contributed by atoms with Gasteiger partial charge in [0, 0.05) is 18.3 Å². The zero-order valence-electron chi connectivity index (χ0n) is 5.00. The van der Waals surface area contributed by atoms with Crippen molar-refractivity contribution in [3.05, 3.63) is 11.8 Å². The lowest BCUT2D eigenvalue weighted by molar-refractivity contribution is -0.113. The zero-order chi connectivity index (χ0) is 6.85. The number of ketones is 1. The van der Waals surface area contributed by atoms with Gasteiger partial charge in [-0.15, -0.1) is 0 Å². The molecule has 0 aromatic carbocycles. The Kier molecular flexibility index (Phi) is 1.84. The fraction of sp³-hybridized carbons (Fsp3) is 0.400. The minimum atomic E-state index is 0.132. The molecular formula is C5H9N2OP. The summed E-state index contributed by atoms with van der Waals surface area (Å²) in [5, 5.41) is 0. The maximum atomic E-state index is 10.8. The van der Waals surface area contributed by atoms with E-state index in [0.717, 1.165) is 0 Å². The van der Waals surface area contributed by atoms with Crippen LogP contribution in [0, 0.1) is 0 Å². The van der Waals surface area contributed by atoms with Gasteiger partial charge in [-0.2, -0.15) is 0 Å². The Morgan fingerprint density at radius 2 is 2.33 bits per heavy atom. The Morgan fingerprint density at radius 3 is 2.56 bits per heavy atom. The van der Waals surface area contributed by atoms with Crippen LogP contribution in [0.3, 0.4) is 0 Å². The minimum Gasteiger partial charge on any atom is -0.404 e. The van der Waals surface area contributed by atoms with Gasteiger partial charge in [0.1, 0.15) is 0 Å². The summed E-state index contributed by atoms with van der Waals surface area (Å²) in [5.74, 6) is 0.132. The van der Waals surface area contributed by atoms with Crippen LogP contribution in [0.4, 0.5) is 0 Å². The van der Waals surface area contributed by atoms with E-state index in [0.29, 0.717) is 18.7 Å². The third-order valence-corrected chi connectivity index (χ3v) is 1.64. The van der Waals surface area contributed by atoms with Crippen LogP contribution in [-0.4, -0.2) is 23.5 Å². The lowest BCUT2D eigenvalue weighted by atomic mass is 10.2. The van der Waals surface area contributed by atoms with Gasteiger partial charge in [-0.25, -0.2) is 0 Å². The quantitative estimate of drug-likeness (QED) is 0.368. The van der Waals surface area contributed by atoms with Crippen LogP contribution < -0.4 is 5.73 Å². The Bertz CT molecular complexity index is 166. The molecule has 3 nitrogen and oxygen atoms in total. The van der Waals surface area contributed by atoms with Crippen LogP contribution >= 0.6 is 9.39 Å². The smallest absolute Gasteiger partial charge is 0.175 e. The van der Waals surface area contributed by atoms with Crippen molar-refractivity contribution in [1.82, 2.24) is 4.67 Å². The second-order valence-corrected chi connectivity index (χ2v) is 2.75. The topological polar surface area (TPSA) is 46.3 Å². The highest BCUT2D eigenvalue weighted by molar-refractivity contribution is 7.13. The molecule has 4 heteroatoms. The molecule has 9 heavy (non-hydrogen) atoms. The Hall–Kier alpha value is -0.400. The molecule has 0 saturated carbocycles. The standard InChI is InChI=1S/C5H9N2OP/c6-1-4-2-7(9)3-5(4)8/h1H,2-3,6,9H2/b4-1+. The predicted octanol–water partition coefficient (Wildman–Crippen LogP) is -0.496. The number of hydrogen-bond donors (Lipinski definition) is 1. The number of rotatable bonds is 0. The van der Waals surface area contributed by atoms with E-state index in [4.69, 9.17) is 5.73 Å². The van der Waals surface area contributed by atoms with Gasteiger partial charge < -0.3 is 5.73 Å². The van der Waals surface area contributed by atoms with Gasteiger partial charge in [0.15, 0.2) is 5.78 Å². The molecule has 0 aromatic heterocycles. The van der Waals surface area contributed by atoms with Gasteiger partial charge in [-0.3, -0.25) is 9.46 Å². The van der Waals surface area contributed by atoms with Gasteiger partial charge in [0.2, 0.25) is 0 Å². The van der Waals surface area contributed by atoms with Crippen molar-refractivity contribution in [3.63, 3.8) is 0 Å². The summed E-state index contributed by atoms with van der Waals surface area (Å²) in [5.41, 5.74) is 5.88. The van der Waals surface area contributed by atoms with Gasteiger partial charge >= 0.3 is 0 Å². The zero-order valence-corrected chi connectivity index (χ0v) is 6.16. The Morgan fingerprint density at radius 1 is 1.67 bits per heavy atom. The van der Waals surface area contributed by atoms with E-state index in [1.54, 1.807) is 0 Å². The fourth-order valence-corrected chi connectivity index (χ4v) is 1.16. The number of nitrogens with zero attached hydrogens (tertiary/aromatic N) is 1. The summed E-state index contributed by atoms with van der Waals surface area (Å²) in [6.45, 7) is 1.15. The van der Waals surface area contributed by atoms with Crippen LogP contribution in [0.2, 0.25) is 0 Å². The van der Waals surface area contributed by atoms with Crippen LogP contribution in [0.25, 0.3) is 0 Å². The molecule has 0 aromatic rings. The Balaban J connectivity index is 2.70. The lowest BCUT2D eigenvalue weighted by Crippen LogP contribution is -2.05. The average molecular weight is 144 g/mol. The number of carbonyl (C=O) groups is 1. The van der Waals surface area contributed by atoms with Crippen molar-refractivity contribution in [2.45, 2.75) is 0 Å². The summed E-state index contributed by atoms with van der Waals surface area (Å²) in [6.07, 6.45) is 1.38.